The van der Waals surface area contributed by atoms with Crippen LogP contribution in [0.25, 0.3) is 16.5 Å². The Balaban J connectivity index is 1.97. The highest BCUT2D eigenvalue weighted by atomic mass is 16.4. The van der Waals surface area contributed by atoms with Crippen LogP contribution >= 0.6 is 0 Å². The van der Waals surface area contributed by atoms with Crippen LogP contribution in [-0.4, -0.2) is 40.2 Å². The van der Waals surface area contributed by atoms with Crippen molar-refractivity contribution in [3.63, 3.8) is 0 Å². The second-order valence-corrected chi connectivity index (χ2v) is 6.37. The Kier molecular flexibility index (Phi) is 2.91. The van der Waals surface area contributed by atoms with Crippen molar-refractivity contribution in [3.8, 4) is 0 Å². The SMILES string of the molecule is CCn1cc2c3c(cccc31)C1=C[C@@H](C(=O)O)CN(C)[C@@H]1C2. The maximum absolute atomic E-state index is 11.4. The van der Waals surface area contributed by atoms with Gasteiger partial charge in [-0.05, 0) is 43.2 Å². The molecule has 1 aromatic heterocycles. The zero-order valence-corrected chi connectivity index (χ0v) is 12.9. The van der Waals surface area contributed by atoms with Crippen molar-refractivity contribution in [2.45, 2.75) is 25.9 Å². The van der Waals surface area contributed by atoms with Gasteiger partial charge in [-0.15, -0.1) is 0 Å². The van der Waals surface area contributed by atoms with Gasteiger partial charge in [0.15, 0.2) is 0 Å². The van der Waals surface area contributed by atoms with E-state index in [0.29, 0.717) is 12.6 Å². The van der Waals surface area contributed by atoms with E-state index in [2.05, 4.69) is 40.8 Å². The summed E-state index contributed by atoms with van der Waals surface area (Å²) >= 11 is 0. The number of likely N-dealkylation sites (N-methyl/N-ethyl adjacent to an activating group) is 1. The van der Waals surface area contributed by atoms with Gasteiger partial charge in [-0.25, -0.2) is 0 Å². The van der Waals surface area contributed by atoms with E-state index in [9.17, 15) is 9.90 Å². The van der Waals surface area contributed by atoms with Crippen LogP contribution in [0.3, 0.4) is 0 Å². The number of aryl methyl sites for hydroxylation is 1. The van der Waals surface area contributed by atoms with Crippen molar-refractivity contribution in [2.24, 2.45) is 5.92 Å². The number of benzene rings is 1. The smallest absolute Gasteiger partial charge is 0.311 e. The standard InChI is InChI=1S/C18H20N2O2/c1-3-20-10-11-8-16-14(7-12(18(21)22)9-19(16)2)13-5-4-6-15(20)17(11)13/h4-7,10,12,16H,3,8-9H2,1-2H3,(H,21,22)/t12-,16-/m1/s1. The van der Waals surface area contributed by atoms with Crippen molar-refractivity contribution in [1.82, 2.24) is 9.47 Å². The lowest BCUT2D eigenvalue weighted by atomic mass is 9.80. The molecule has 0 saturated carbocycles. The van der Waals surface area contributed by atoms with Gasteiger partial charge in [-0.3, -0.25) is 9.69 Å². The summed E-state index contributed by atoms with van der Waals surface area (Å²) in [6, 6.07) is 6.68. The van der Waals surface area contributed by atoms with Crippen LogP contribution in [0.5, 0.6) is 0 Å². The van der Waals surface area contributed by atoms with Crippen LogP contribution in [0.15, 0.2) is 30.5 Å². The summed E-state index contributed by atoms with van der Waals surface area (Å²) in [4.78, 5) is 13.6. The zero-order valence-electron chi connectivity index (χ0n) is 12.9. The predicted octanol–water partition coefficient (Wildman–Crippen LogP) is 2.62. The molecule has 2 heterocycles. The summed E-state index contributed by atoms with van der Waals surface area (Å²) in [6.45, 7) is 3.70. The lowest BCUT2D eigenvalue weighted by Gasteiger charge is -2.38. The van der Waals surface area contributed by atoms with Crippen LogP contribution in [0.1, 0.15) is 18.1 Å². The molecular formula is C18H20N2O2. The summed E-state index contributed by atoms with van der Waals surface area (Å²) in [5.74, 6) is -1.15. The fourth-order valence-electron chi connectivity index (χ4n) is 4.04. The number of carbonyl (C=O) groups is 1. The molecule has 0 bridgehead atoms. The highest BCUT2D eigenvalue weighted by Gasteiger charge is 2.35. The molecule has 0 unspecified atom stereocenters. The van der Waals surface area contributed by atoms with Gasteiger partial charge in [0.05, 0.1) is 5.92 Å². The summed E-state index contributed by atoms with van der Waals surface area (Å²) in [5.41, 5.74) is 5.05. The number of hydrogen-bond donors (Lipinski definition) is 1. The van der Waals surface area contributed by atoms with Gasteiger partial charge in [0.1, 0.15) is 0 Å². The average molecular weight is 296 g/mol. The molecule has 4 rings (SSSR count). The molecule has 22 heavy (non-hydrogen) atoms. The van der Waals surface area contributed by atoms with Gasteiger partial charge >= 0.3 is 5.97 Å². The molecule has 1 aromatic carbocycles. The first kappa shape index (κ1) is 13.6. The van der Waals surface area contributed by atoms with Gasteiger partial charge in [-0.1, -0.05) is 18.2 Å². The first-order chi connectivity index (χ1) is 10.6. The molecule has 0 fully saturated rings. The number of carboxylic acids is 1. The molecular weight excluding hydrogens is 276 g/mol. The highest BCUT2D eigenvalue weighted by Crippen LogP contribution is 2.41. The minimum absolute atomic E-state index is 0.293. The van der Waals surface area contributed by atoms with Crippen molar-refractivity contribution in [1.29, 1.82) is 0 Å². The van der Waals surface area contributed by atoms with E-state index in [4.69, 9.17) is 0 Å². The molecule has 1 N–H and O–H groups in total. The van der Waals surface area contributed by atoms with Gasteiger partial charge in [0.25, 0.3) is 0 Å². The normalized spacial score (nSPS) is 24.2. The summed E-state index contributed by atoms with van der Waals surface area (Å²) in [6.07, 6.45) is 5.21. The van der Waals surface area contributed by atoms with Crippen LogP contribution in [0.2, 0.25) is 0 Å². The Hall–Kier alpha value is -2.07. The molecule has 2 atom stereocenters. The molecule has 0 radical (unpaired) electrons. The number of hydrogen-bond acceptors (Lipinski definition) is 2. The first-order valence-electron chi connectivity index (χ1n) is 7.86. The lowest BCUT2D eigenvalue weighted by Crippen LogP contribution is -2.44. The topological polar surface area (TPSA) is 45.5 Å². The van der Waals surface area contributed by atoms with Gasteiger partial charge in [0, 0.05) is 36.2 Å². The summed E-state index contributed by atoms with van der Waals surface area (Å²) in [7, 11) is 2.04. The van der Waals surface area contributed by atoms with E-state index >= 15 is 0 Å². The average Bonchev–Trinajstić information content (AvgIpc) is 2.87. The van der Waals surface area contributed by atoms with E-state index in [-0.39, 0.29) is 0 Å². The molecule has 0 amide bonds. The van der Waals surface area contributed by atoms with E-state index in [1.54, 1.807) is 0 Å². The van der Waals surface area contributed by atoms with Gasteiger partial charge < -0.3 is 9.67 Å². The third kappa shape index (κ3) is 1.77. The van der Waals surface area contributed by atoms with E-state index in [1.165, 1.54) is 27.6 Å². The molecule has 2 aliphatic rings. The third-order valence-electron chi connectivity index (χ3n) is 5.12. The second kappa shape index (κ2) is 4.71. The Bertz CT molecular complexity index is 803. The number of aromatic nitrogens is 1. The second-order valence-electron chi connectivity index (χ2n) is 6.37. The van der Waals surface area contributed by atoms with Crippen LogP contribution < -0.4 is 0 Å². The van der Waals surface area contributed by atoms with Crippen LogP contribution in [0.4, 0.5) is 0 Å². The van der Waals surface area contributed by atoms with Crippen molar-refractivity contribution < 1.29 is 9.90 Å². The molecule has 4 heteroatoms. The van der Waals surface area contributed by atoms with Crippen LogP contribution in [-0.2, 0) is 17.8 Å². The minimum Gasteiger partial charge on any atom is -0.481 e. The number of carboxylic acid groups (broad SMARTS) is 1. The predicted molar refractivity (Wildman–Crippen MR) is 86.8 cm³/mol. The monoisotopic (exact) mass is 296 g/mol. The van der Waals surface area contributed by atoms with E-state index in [1.807, 2.05) is 13.1 Å². The van der Waals surface area contributed by atoms with Crippen molar-refractivity contribution in [2.75, 3.05) is 13.6 Å². The Morgan fingerprint density at radius 1 is 1.41 bits per heavy atom. The largest absolute Gasteiger partial charge is 0.481 e. The molecule has 1 aliphatic heterocycles. The van der Waals surface area contributed by atoms with Crippen molar-refractivity contribution >= 4 is 22.4 Å². The Morgan fingerprint density at radius 2 is 2.23 bits per heavy atom. The molecule has 1 aliphatic carbocycles. The quantitative estimate of drug-likeness (QED) is 0.926. The zero-order chi connectivity index (χ0) is 15.4. The lowest BCUT2D eigenvalue weighted by molar-refractivity contribution is -0.140. The molecule has 4 nitrogen and oxygen atoms in total. The maximum Gasteiger partial charge on any atom is 0.311 e. The Morgan fingerprint density at radius 3 is 2.95 bits per heavy atom. The highest BCUT2D eigenvalue weighted by molar-refractivity contribution is 5.99. The number of fused-ring (bicyclic) bond motifs is 2. The summed E-state index contributed by atoms with van der Waals surface area (Å²) < 4.78 is 2.29. The molecule has 0 spiro atoms. The number of rotatable bonds is 2. The fourth-order valence-corrected chi connectivity index (χ4v) is 4.04. The minimum atomic E-state index is -0.734. The van der Waals surface area contributed by atoms with Crippen LogP contribution in [0, 0.1) is 5.92 Å². The van der Waals surface area contributed by atoms with E-state index in [0.717, 1.165) is 13.0 Å². The van der Waals surface area contributed by atoms with E-state index < -0.39 is 11.9 Å². The summed E-state index contributed by atoms with van der Waals surface area (Å²) in [5, 5.41) is 10.7. The van der Waals surface area contributed by atoms with Gasteiger partial charge in [0.2, 0.25) is 0 Å². The Labute approximate surface area is 129 Å². The molecule has 114 valence electrons. The van der Waals surface area contributed by atoms with Crippen molar-refractivity contribution in [3.05, 3.63) is 41.6 Å². The number of nitrogens with zero attached hydrogens (tertiary/aromatic N) is 2. The van der Waals surface area contributed by atoms with Gasteiger partial charge in [-0.2, -0.15) is 0 Å². The fraction of sp³-hybridized carbons (Fsp3) is 0.389. The molecule has 0 saturated heterocycles. The molecule has 2 aromatic rings. The first-order valence-corrected chi connectivity index (χ1v) is 7.86. The number of aliphatic carboxylic acids is 1. The maximum atomic E-state index is 11.4. The third-order valence-corrected chi connectivity index (χ3v) is 5.12.